The van der Waals surface area contributed by atoms with Crippen molar-refractivity contribution < 1.29 is 31.9 Å². The van der Waals surface area contributed by atoms with Gasteiger partial charge in [0.15, 0.2) is 0 Å². The molecule has 0 aliphatic carbocycles. The highest BCUT2D eigenvalue weighted by Crippen LogP contribution is 2.21. The molecule has 3 aromatic carbocycles. The van der Waals surface area contributed by atoms with Gasteiger partial charge in [-0.2, -0.15) is 8.42 Å². The zero-order chi connectivity index (χ0) is 35.1. The van der Waals surface area contributed by atoms with Crippen molar-refractivity contribution in [1.82, 2.24) is 16.0 Å². The summed E-state index contributed by atoms with van der Waals surface area (Å²) in [6.45, 7) is 6.05. The summed E-state index contributed by atoms with van der Waals surface area (Å²) in [5.41, 5.74) is 2.70. The van der Waals surface area contributed by atoms with Gasteiger partial charge in [-0.1, -0.05) is 76.1 Å². The molecule has 0 heterocycles. The maximum atomic E-state index is 14.2. The monoisotopic (exact) mass is 683 g/mol. The minimum Gasteiger partial charge on any atom is -0.390 e. The number of benzene rings is 3. The summed E-state index contributed by atoms with van der Waals surface area (Å²) >= 11 is 0. The second kappa shape index (κ2) is 19.8. The van der Waals surface area contributed by atoms with Crippen molar-refractivity contribution in [2.45, 2.75) is 78.0 Å². The first-order valence-corrected chi connectivity index (χ1v) is 17.6. The molecule has 0 aliphatic rings. The third-order valence-electron chi connectivity index (χ3n) is 8.28. The van der Waals surface area contributed by atoms with E-state index in [1.165, 1.54) is 0 Å². The van der Waals surface area contributed by atoms with Gasteiger partial charge in [-0.05, 0) is 72.6 Å². The molecule has 0 radical (unpaired) electrons. The number of aliphatic hydroxyl groups is 1. The Labute approximate surface area is 283 Å². The van der Waals surface area contributed by atoms with E-state index in [-0.39, 0.29) is 29.9 Å². The summed E-state index contributed by atoms with van der Waals surface area (Å²) in [4.78, 5) is 27.1. The van der Waals surface area contributed by atoms with Gasteiger partial charge in [-0.3, -0.25) is 9.59 Å². The third kappa shape index (κ3) is 11.9. The summed E-state index contributed by atoms with van der Waals surface area (Å²) in [7, 11) is -2.76. The minimum absolute atomic E-state index is 0.0207. The minimum atomic E-state index is -2.76. The zero-order valence-electron chi connectivity index (χ0n) is 27.8. The molecule has 0 spiro atoms. The van der Waals surface area contributed by atoms with E-state index in [4.69, 9.17) is 0 Å². The Morgan fingerprint density at radius 3 is 2.06 bits per heavy atom. The Bertz CT molecular complexity index is 1600. The molecule has 2 amide bonds. The molecule has 0 aliphatic heterocycles. The van der Waals surface area contributed by atoms with Crippen molar-refractivity contribution >= 4 is 27.0 Å². The molecule has 8 nitrogen and oxygen atoms in total. The van der Waals surface area contributed by atoms with Crippen LogP contribution in [0.4, 0.5) is 8.78 Å². The van der Waals surface area contributed by atoms with Crippen molar-refractivity contribution in [2.24, 2.45) is 11.8 Å². The number of carbonyl (C=O) groups excluding carboxylic acids is 2. The Balaban J connectivity index is 1.92. The van der Waals surface area contributed by atoms with E-state index < -0.39 is 57.7 Å². The van der Waals surface area contributed by atoms with Gasteiger partial charge in [0.2, 0.25) is 16.2 Å². The maximum Gasteiger partial charge on any atom is 0.251 e. The van der Waals surface area contributed by atoms with Crippen LogP contribution in [0.2, 0.25) is 0 Å². The lowest BCUT2D eigenvalue weighted by atomic mass is 9.86. The summed E-state index contributed by atoms with van der Waals surface area (Å²) < 4.78 is 53.9. The Kier molecular flexibility index (Phi) is 15.9. The molecule has 1 unspecified atom stereocenters. The standard InChI is InChI=1S/C37H47F2N3O5S/c1-4-11-28(12-5-2)35(48(46)47)32(23-41-36(44)29-15-8-7-9-16-29)37(45)42-33(20-27-18-30(38)21-31(39)19-27)34(43)24-40-22-26-14-10-13-25(6-3)17-26/h7-10,13-19,21,28,32-34,40,43H,4-6,11-12,20,22-24H2,1-3H3,(H,41,44)(H,42,45)/t32?,33-,34+/m0/s1. The van der Waals surface area contributed by atoms with Gasteiger partial charge >= 0.3 is 0 Å². The number of aliphatic hydroxyl groups excluding tert-OH is 1. The summed E-state index contributed by atoms with van der Waals surface area (Å²) in [5, 5.41) is 20.0. The van der Waals surface area contributed by atoms with Gasteiger partial charge < -0.3 is 21.1 Å². The first kappa shape index (κ1) is 38.5. The van der Waals surface area contributed by atoms with Crippen LogP contribution in [0.5, 0.6) is 0 Å². The molecular formula is C37H47F2N3O5S. The number of hydrogen-bond acceptors (Lipinski definition) is 6. The third-order valence-corrected chi connectivity index (χ3v) is 9.29. The number of nitrogens with one attached hydrogen (secondary N) is 3. The van der Waals surface area contributed by atoms with Crippen LogP contribution in [0.1, 0.15) is 73.5 Å². The van der Waals surface area contributed by atoms with Crippen LogP contribution >= 0.6 is 0 Å². The Morgan fingerprint density at radius 1 is 0.812 bits per heavy atom. The van der Waals surface area contributed by atoms with Gasteiger partial charge in [0, 0.05) is 31.3 Å². The highest BCUT2D eigenvalue weighted by Gasteiger charge is 2.34. The van der Waals surface area contributed by atoms with E-state index in [2.05, 4.69) is 22.9 Å². The molecule has 11 heteroatoms. The first-order chi connectivity index (χ1) is 23.1. The average Bonchev–Trinajstić information content (AvgIpc) is 3.06. The topological polar surface area (TPSA) is 125 Å². The number of carbonyl (C=O) groups is 2. The number of hydrogen-bond donors (Lipinski definition) is 4. The van der Waals surface area contributed by atoms with E-state index in [1.807, 2.05) is 38.1 Å². The van der Waals surface area contributed by atoms with Gasteiger partial charge in [-0.15, -0.1) is 0 Å². The Hall–Kier alpha value is -3.93. The van der Waals surface area contributed by atoms with Crippen LogP contribution in [0.3, 0.4) is 0 Å². The number of aryl methyl sites for hydroxylation is 1. The molecule has 0 aromatic heterocycles. The summed E-state index contributed by atoms with van der Waals surface area (Å²) in [6.07, 6.45) is 1.90. The number of halogens is 2. The van der Waals surface area contributed by atoms with Crippen LogP contribution < -0.4 is 16.0 Å². The van der Waals surface area contributed by atoms with Crippen molar-refractivity contribution in [2.75, 3.05) is 13.1 Å². The first-order valence-electron chi connectivity index (χ1n) is 16.6. The van der Waals surface area contributed by atoms with E-state index >= 15 is 0 Å². The van der Waals surface area contributed by atoms with E-state index in [1.54, 1.807) is 30.3 Å². The molecule has 0 bridgehead atoms. The Morgan fingerprint density at radius 2 is 1.46 bits per heavy atom. The molecule has 3 rings (SSSR count). The van der Waals surface area contributed by atoms with Gasteiger partial charge in [0.05, 0.1) is 22.9 Å². The van der Waals surface area contributed by atoms with Crippen molar-refractivity contribution in [3.05, 3.63) is 107 Å². The van der Waals surface area contributed by atoms with Gasteiger partial charge in [-0.25, -0.2) is 8.78 Å². The fraction of sp³-hybridized carbons (Fsp3) is 0.432. The normalized spacial score (nSPS) is 13.1. The molecule has 0 saturated heterocycles. The highest BCUT2D eigenvalue weighted by atomic mass is 32.2. The van der Waals surface area contributed by atoms with Gasteiger partial charge in [0.25, 0.3) is 5.91 Å². The highest BCUT2D eigenvalue weighted by molar-refractivity contribution is 7.73. The van der Waals surface area contributed by atoms with E-state index in [0.717, 1.165) is 35.7 Å². The van der Waals surface area contributed by atoms with E-state index in [0.29, 0.717) is 37.8 Å². The van der Waals surface area contributed by atoms with Crippen LogP contribution in [-0.2, 0) is 34.5 Å². The van der Waals surface area contributed by atoms with Gasteiger partial charge in [0.1, 0.15) is 11.6 Å². The van der Waals surface area contributed by atoms with E-state index in [9.17, 15) is 31.9 Å². The molecule has 260 valence electrons. The zero-order valence-corrected chi connectivity index (χ0v) is 28.7. The second-order valence-electron chi connectivity index (χ2n) is 12.0. The van der Waals surface area contributed by atoms with Crippen LogP contribution in [0, 0.1) is 23.5 Å². The number of rotatable bonds is 19. The quantitative estimate of drug-likeness (QED) is 0.132. The molecule has 0 fully saturated rings. The predicted octanol–water partition coefficient (Wildman–Crippen LogP) is 5.02. The number of amides is 2. The van der Waals surface area contributed by atoms with Crippen LogP contribution in [-0.4, -0.2) is 55.4 Å². The molecular weight excluding hydrogens is 636 g/mol. The molecule has 4 N–H and O–H groups in total. The largest absolute Gasteiger partial charge is 0.390 e. The summed E-state index contributed by atoms with van der Waals surface area (Å²) in [6, 6.07) is 18.2. The lowest BCUT2D eigenvalue weighted by molar-refractivity contribution is -0.124. The van der Waals surface area contributed by atoms with Crippen molar-refractivity contribution in [3.8, 4) is 0 Å². The smallest absolute Gasteiger partial charge is 0.251 e. The fourth-order valence-corrected chi connectivity index (χ4v) is 6.82. The van der Waals surface area contributed by atoms with Crippen molar-refractivity contribution in [1.29, 1.82) is 0 Å². The van der Waals surface area contributed by atoms with Crippen molar-refractivity contribution in [3.63, 3.8) is 0 Å². The SMILES string of the molecule is CCCC(CCC)C(C(CNC(=O)c1ccccc1)C(=O)N[C@@H](Cc1cc(F)cc(F)c1)[C@H](O)CNCc1cccc(CC)c1)=S(=O)=O. The molecule has 3 aromatic rings. The molecule has 3 atom stereocenters. The lowest BCUT2D eigenvalue weighted by Gasteiger charge is -2.29. The summed E-state index contributed by atoms with van der Waals surface area (Å²) in [5.74, 6) is -4.54. The second-order valence-corrected chi connectivity index (χ2v) is 12.9. The average molecular weight is 684 g/mol. The lowest BCUT2D eigenvalue weighted by Crippen LogP contribution is -2.53. The predicted molar refractivity (Wildman–Crippen MR) is 185 cm³/mol. The fourth-order valence-electron chi connectivity index (χ4n) is 5.89. The maximum absolute atomic E-state index is 14.2. The molecule has 48 heavy (non-hydrogen) atoms. The van der Waals surface area contributed by atoms with Crippen LogP contribution in [0.25, 0.3) is 0 Å². The van der Waals surface area contributed by atoms with Crippen LogP contribution in [0.15, 0.2) is 72.8 Å². The molecule has 0 saturated carbocycles.